The molecule has 1 heterocycles. The summed E-state index contributed by atoms with van der Waals surface area (Å²) in [7, 11) is 3.86. The average molecular weight is 307 g/mol. The van der Waals surface area contributed by atoms with E-state index in [0.717, 1.165) is 41.1 Å². The number of H-pyrrole nitrogens is 1. The van der Waals surface area contributed by atoms with Crippen LogP contribution in [0.25, 0.3) is 11.0 Å². The number of aryl methyl sites for hydroxylation is 1. The summed E-state index contributed by atoms with van der Waals surface area (Å²) in [5, 5.41) is 0. The normalized spacial score (nSPS) is 11.7. The third kappa shape index (κ3) is 3.86. The first kappa shape index (κ1) is 16.0. The van der Waals surface area contributed by atoms with Crippen molar-refractivity contribution in [3.8, 4) is 5.75 Å². The van der Waals surface area contributed by atoms with Gasteiger partial charge in [-0.3, -0.25) is 0 Å². The molecular weight excluding hydrogens is 282 g/mol. The summed E-state index contributed by atoms with van der Waals surface area (Å²) < 4.78 is 8.26. The number of fused-ring (bicyclic) bond motifs is 1. The van der Waals surface area contributed by atoms with E-state index in [1.807, 2.05) is 18.2 Å². The molecule has 0 fully saturated rings. The second kappa shape index (κ2) is 7.09. The van der Waals surface area contributed by atoms with Gasteiger partial charge in [-0.15, -0.1) is 0 Å². The Hall–Kier alpha value is -1.33. The lowest BCUT2D eigenvalue weighted by atomic mass is 10.2. The Balaban J connectivity index is 2.04. The summed E-state index contributed by atoms with van der Waals surface area (Å²) in [6, 6.07) is 6.62. The SMILES string of the molecule is COc1ccc2[nH]c(=S)n(CCCCN(C)C(C)C)c2c1. The number of benzene rings is 1. The molecule has 0 unspecified atom stereocenters. The molecule has 0 bridgehead atoms. The smallest absolute Gasteiger partial charge is 0.178 e. The topological polar surface area (TPSA) is 33.2 Å². The lowest BCUT2D eigenvalue weighted by molar-refractivity contribution is 0.266. The molecule has 1 aromatic carbocycles. The van der Waals surface area contributed by atoms with Crippen LogP contribution < -0.4 is 4.74 Å². The van der Waals surface area contributed by atoms with Crippen molar-refractivity contribution in [2.75, 3.05) is 20.7 Å². The molecule has 1 aromatic heterocycles. The van der Waals surface area contributed by atoms with Gasteiger partial charge in [0.2, 0.25) is 0 Å². The summed E-state index contributed by atoms with van der Waals surface area (Å²) in [4.78, 5) is 5.63. The van der Waals surface area contributed by atoms with E-state index in [0.29, 0.717) is 6.04 Å². The fourth-order valence-electron chi connectivity index (χ4n) is 2.37. The molecular formula is C16H25N3OS. The van der Waals surface area contributed by atoms with Crippen LogP contribution in [0.5, 0.6) is 5.75 Å². The van der Waals surface area contributed by atoms with Crippen LogP contribution in [0.4, 0.5) is 0 Å². The number of hydrogen-bond acceptors (Lipinski definition) is 3. The molecule has 0 saturated heterocycles. The predicted molar refractivity (Wildman–Crippen MR) is 90.7 cm³/mol. The van der Waals surface area contributed by atoms with Crippen LogP contribution >= 0.6 is 12.2 Å². The Bertz CT molecular complexity index is 644. The van der Waals surface area contributed by atoms with Gasteiger partial charge in [-0.1, -0.05) is 0 Å². The molecule has 0 aliphatic rings. The lowest BCUT2D eigenvalue weighted by Gasteiger charge is -2.20. The maximum absolute atomic E-state index is 5.43. The van der Waals surface area contributed by atoms with Crippen molar-refractivity contribution < 1.29 is 4.74 Å². The maximum atomic E-state index is 5.43. The van der Waals surface area contributed by atoms with Crippen LogP contribution in [-0.4, -0.2) is 41.2 Å². The number of imidazole rings is 1. The lowest BCUT2D eigenvalue weighted by Crippen LogP contribution is -2.27. The summed E-state index contributed by atoms with van der Waals surface area (Å²) in [5.74, 6) is 0.866. The highest BCUT2D eigenvalue weighted by molar-refractivity contribution is 7.71. The van der Waals surface area contributed by atoms with Crippen molar-refractivity contribution in [3.05, 3.63) is 23.0 Å². The Morgan fingerprint density at radius 3 is 2.76 bits per heavy atom. The number of nitrogens with one attached hydrogen (secondary N) is 1. The summed E-state index contributed by atoms with van der Waals surface area (Å²) in [6.07, 6.45) is 2.29. The van der Waals surface area contributed by atoms with E-state index in [9.17, 15) is 0 Å². The first-order valence-corrected chi connectivity index (χ1v) is 7.90. The Labute approximate surface area is 131 Å². The third-order valence-electron chi connectivity index (χ3n) is 4.01. The monoisotopic (exact) mass is 307 g/mol. The minimum atomic E-state index is 0.601. The molecule has 0 saturated carbocycles. The van der Waals surface area contributed by atoms with Gasteiger partial charge in [0.15, 0.2) is 4.77 Å². The number of aromatic amines is 1. The highest BCUT2D eigenvalue weighted by Crippen LogP contribution is 2.21. The van der Waals surface area contributed by atoms with E-state index >= 15 is 0 Å². The van der Waals surface area contributed by atoms with E-state index in [1.165, 1.54) is 6.42 Å². The second-order valence-electron chi connectivity index (χ2n) is 5.75. The molecule has 2 aromatic rings. The van der Waals surface area contributed by atoms with Gasteiger partial charge in [-0.2, -0.15) is 0 Å². The van der Waals surface area contributed by atoms with Crippen molar-refractivity contribution in [1.29, 1.82) is 0 Å². The Kier molecular flexibility index (Phi) is 5.42. The zero-order valence-corrected chi connectivity index (χ0v) is 14.2. The molecule has 116 valence electrons. The number of aromatic nitrogens is 2. The number of nitrogens with zero attached hydrogens (tertiary/aromatic N) is 2. The molecule has 0 aliphatic heterocycles. The number of unbranched alkanes of at least 4 members (excludes halogenated alkanes) is 1. The Morgan fingerprint density at radius 2 is 2.10 bits per heavy atom. The fraction of sp³-hybridized carbons (Fsp3) is 0.562. The first-order chi connectivity index (χ1) is 10.0. The van der Waals surface area contributed by atoms with Gasteiger partial charge < -0.3 is 19.2 Å². The standard InChI is InChI=1S/C16H25N3OS/c1-12(2)18(3)9-5-6-10-19-15-11-13(20-4)7-8-14(15)17-16(19)21/h7-8,11-12H,5-6,9-10H2,1-4H3,(H,17,21). The quantitative estimate of drug-likeness (QED) is 0.623. The van der Waals surface area contributed by atoms with E-state index in [-0.39, 0.29) is 0 Å². The van der Waals surface area contributed by atoms with Crippen LogP contribution in [0.15, 0.2) is 18.2 Å². The maximum Gasteiger partial charge on any atom is 0.178 e. The zero-order valence-electron chi connectivity index (χ0n) is 13.3. The summed E-state index contributed by atoms with van der Waals surface area (Å²) in [5.41, 5.74) is 2.19. The van der Waals surface area contributed by atoms with Crippen molar-refractivity contribution in [3.63, 3.8) is 0 Å². The molecule has 0 radical (unpaired) electrons. The second-order valence-corrected chi connectivity index (χ2v) is 6.13. The van der Waals surface area contributed by atoms with Crippen LogP contribution in [-0.2, 0) is 6.54 Å². The number of rotatable bonds is 7. The highest BCUT2D eigenvalue weighted by atomic mass is 32.1. The average Bonchev–Trinajstić information content (AvgIpc) is 2.78. The van der Waals surface area contributed by atoms with Gasteiger partial charge in [-0.05, 0) is 64.6 Å². The van der Waals surface area contributed by atoms with E-state index in [1.54, 1.807) is 7.11 Å². The predicted octanol–water partition coefficient (Wildman–Crippen LogP) is 3.83. The molecule has 0 aliphatic carbocycles. The third-order valence-corrected chi connectivity index (χ3v) is 4.33. The van der Waals surface area contributed by atoms with Crippen LogP contribution in [0, 0.1) is 4.77 Å². The minimum absolute atomic E-state index is 0.601. The van der Waals surface area contributed by atoms with E-state index < -0.39 is 0 Å². The highest BCUT2D eigenvalue weighted by Gasteiger charge is 2.07. The van der Waals surface area contributed by atoms with Crippen LogP contribution in [0.1, 0.15) is 26.7 Å². The van der Waals surface area contributed by atoms with Crippen LogP contribution in [0.3, 0.4) is 0 Å². The first-order valence-electron chi connectivity index (χ1n) is 7.49. The number of ether oxygens (including phenoxy) is 1. The van der Waals surface area contributed by atoms with Crippen LogP contribution in [0.2, 0.25) is 0 Å². The van der Waals surface area contributed by atoms with Crippen molar-refractivity contribution in [2.24, 2.45) is 0 Å². The molecule has 21 heavy (non-hydrogen) atoms. The van der Waals surface area contributed by atoms with E-state index in [4.69, 9.17) is 17.0 Å². The van der Waals surface area contributed by atoms with Gasteiger partial charge in [0.1, 0.15) is 5.75 Å². The van der Waals surface area contributed by atoms with Gasteiger partial charge in [0.25, 0.3) is 0 Å². The summed E-state index contributed by atoms with van der Waals surface area (Å²) >= 11 is 5.43. The molecule has 0 atom stereocenters. The molecule has 2 rings (SSSR count). The Morgan fingerprint density at radius 1 is 1.33 bits per heavy atom. The number of methoxy groups -OCH3 is 1. The number of hydrogen-bond donors (Lipinski definition) is 1. The van der Waals surface area contributed by atoms with Gasteiger partial charge in [0.05, 0.1) is 18.1 Å². The van der Waals surface area contributed by atoms with Crippen molar-refractivity contribution >= 4 is 23.3 Å². The van der Waals surface area contributed by atoms with E-state index in [2.05, 4.69) is 35.3 Å². The van der Waals surface area contributed by atoms with Gasteiger partial charge in [0, 0.05) is 18.7 Å². The fourth-order valence-corrected chi connectivity index (χ4v) is 2.67. The summed E-state index contributed by atoms with van der Waals surface area (Å²) in [6.45, 7) is 6.51. The zero-order chi connectivity index (χ0) is 15.4. The molecule has 0 amide bonds. The van der Waals surface area contributed by atoms with Crippen molar-refractivity contribution in [1.82, 2.24) is 14.5 Å². The molecule has 5 heteroatoms. The van der Waals surface area contributed by atoms with Gasteiger partial charge >= 0.3 is 0 Å². The van der Waals surface area contributed by atoms with Crippen molar-refractivity contribution in [2.45, 2.75) is 39.3 Å². The molecule has 4 nitrogen and oxygen atoms in total. The molecule has 0 spiro atoms. The van der Waals surface area contributed by atoms with Gasteiger partial charge in [-0.25, -0.2) is 0 Å². The largest absolute Gasteiger partial charge is 0.497 e. The minimum Gasteiger partial charge on any atom is -0.497 e. The molecule has 1 N–H and O–H groups in total.